The number of rotatable bonds is 2. The molecule has 0 saturated carbocycles. The molecule has 0 heterocycles. The molecule has 0 radical (unpaired) electrons. The van der Waals surface area contributed by atoms with Crippen molar-refractivity contribution in [3.8, 4) is 5.75 Å². The molecule has 1 aromatic rings. The zero-order valence-corrected chi connectivity index (χ0v) is 9.62. The number of aryl methyl sites for hydroxylation is 1. The van der Waals surface area contributed by atoms with Crippen LogP contribution in [0.2, 0.25) is 0 Å². The van der Waals surface area contributed by atoms with Gasteiger partial charge in [0.15, 0.2) is 0 Å². The highest BCUT2D eigenvalue weighted by atomic mass is 16.5. The van der Waals surface area contributed by atoms with Crippen LogP contribution in [0.25, 0.3) is 0 Å². The number of carboxylic acids is 1. The maximum absolute atomic E-state index is 11.2. The molecule has 1 aliphatic rings. The molecule has 16 heavy (non-hydrogen) atoms. The number of hydrogen-bond acceptors (Lipinski definition) is 2. The van der Waals surface area contributed by atoms with E-state index < -0.39 is 5.97 Å². The lowest BCUT2D eigenvalue weighted by Gasteiger charge is -2.25. The molecule has 3 nitrogen and oxygen atoms in total. The monoisotopic (exact) mass is 220 g/mol. The molecule has 1 atom stereocenters. The van der Waals surface area contributed by atoms with Crippen LogP contribution in [0.5, 0.6) is 5.75 Å². The maximum Gasteiger partial charge on any atom is 0.310 e. The molecule has 1 aliphatic carbocycles. The van der Waals surface area contributed by atoms with Crippen LogP contribution in [0, 0.1) is 6.92 Å². The predicted molar refractivity (Wildman–Crippen MR) is 61.0 cm³/mol. The summed E-state index contributed by atoms with van der Waals surface area (Å²) in [6.45, 7) is 1.97. The van der Waals surface area contributed by atoms with Crippen molar-refractivity contribution >= 4 is 5.97 Å². The lowest BCUT2D eigenvalue weighted by atomic mass is 9.80. The summed E-state index contributed by atoms with van der Waals surface area (Å²) >= 11 is 0. The smallest absolute Gasteiger partial charge is 0.310 e. The number of carboxylic acid groups (broad SMARTS) is 1. The predicted octanol–water partition coefficient (Wildman–Crippen LogP) is 2.51. The Morgan fingerprint density at radius 3 is 2.88 bits per heavy atom. The van der Waals surface area contributed by atoms with E-state index in [-0.39, 0.29) is 5.92 Å². The average Bonchev–Trinajstić information content (AvgIpc) is 2.29. The summed E-state index contributed by atoms with van der Waals surface area (Å²) in [6, 6.07) is 3.87. The van der Waals surface area contributed by atoms with Crippen molar-refractivity contribution in [1.82, 2.24) is 0 Å². The Bertz CT molecular complexity index is 423. The molecular formula is C13H16O3. The standard InChI is InChI=1S/C13H16O3/c1-8-6-7-11(16-2)9-4-3-5-10(12(8)9)13(14)15/h6-7,10H,3-5H2,1-2H3,(H,14,15). The van der Waals surface area contributed by atoms with Crippen molar-refractivity contribution in [1.29, 1.82) is 0 Å². The fourth-order valence-electron chi connectivity index (χ4n) is 2.57. The van der Waals surface area contributed by atoms with Crippen molar-refractivity contribution < 1.29 is 14.6 Å². The van der Waals surface area contributed by atoms with Crippen molar-refractivity contribution in [2.24, 2.45) is 0 Å². The lowest BCUT2D eigenvalue weighted by molar-refractivity contribution is -0.139. The first-order valence-electron chi connectivity index (χ1n) is 5.54. The molecule has 0 aromatic heterocycles. The zero-order chi connectivity index (χ0) is 11.7. The number of hydrogen-bond donors (Lipinski definition) is 1. The van der Waals surface area contributed by atoms with Crippen LogP contribution < -0.4 is 4.74 Å². The van der Waals surface area contributed by atoms with Crippen LogP contribution >= 0.6 is 0 Å². The van der Waals surface area contributed by atoms with E-state index in [0.717, 1.165) is 41.7 Å². The van der Waals surface area contributed by atoms with E-state index in [2.05, 4.69) is 0 Å². The summed E-state index contributed by atoms with van der Waals surface area (Å²) in [5.41, 5.74) is 3.11. The summed E-state index contributed by atoms with van der Waals surface area (Å²) in [5.74, 6) is -0.261. The van der Waals surface area contributed by atoms with E-state index >= 15 is 0 Å². The molecule has 0 aliphatic heterocycles. The van der Waals surface area contributed by atoms with Crippen LogP contribution in [0.3, 0.4) is 0 Å². The Labute approximate surface area is 95.0 Å². The largest absolute Gasteiger partial charge is 0.496 e. The first-order valence-corrected chi connectivity index (χ1v) is 5.54. The summed E-state index contributed by atoms with van der Waals surface area (Å²) in [7, 11) is 1.63. The van der Waals surface area contributed by atoms with Crippen molar-refractivity contribution in [3.63, 3.8) is 0 Å². The van der Waals surface area contributed by atoms with Gasteiger partial charge in [0.1, 0.15) is 5.75 Å². The number of ether oxygens (including phenoxy) is 1. The summed E-state index contributed by atoms with van der Waals surface area (Å²) < 4.78 is 5.30. The zero-order valence-electron chi connectivity index (χ0n) is 9.62. The van der Waals surface area contributed by atoms with Crippen molar-refractivity contribution in [3.05, 3.63) is 28.8 Å². The highest BCUT2D eigenvalue weighted by Crippen LogP contribution is 2.38. The van der Waals surface area contributed by atoms with E-state index in [4.69, 9.17) is 4.74 Å². The van der Waals surface area contributed by atoms with Gasteiger partial charge in [-0.2, -0.15) is 0 Å². The second kappa shape index (κ2) is 4.16. The first-order chi connectivity index (χ1) is 7.65. The Morgan fingerprint density at radius 2 is 2.25 bits per heavy atom. The van der Waals surface area contributed by atoms with Gasteiger partial charge >= 0.3 is 5.97 Å². The molecule has 86 valence electrons. The van der Waals surface area contributed by atoms with Crippen molar-refractivity contribution in [2.45, 2.75) is 32.1 Å². The number of fused-ring (bicyclic) bond motifs is 1. The van der Waals surface area contributed by atoms with Crippen LogP contribution in [0.1, 0.15) is 35.4 Å². The Balaban J connectivity index is 2.58. The van der Waals surface area contributed by atoms with Gasteiger partial charge in [-0.15, -0.1) is 0 Å². The van der Waals surface area contributed by atoms with Crippen LogP contribution in [-0.2, 0) is 11.2 Å². The second-order valence-corrected chi connectivity index (χ2v) is 4.26. The molecule has 0 fully saturated rings. The van der Waals surface area contributed by atoms with Gasteiger partial charge in [-0.1, -0.05) is 6.07 Å². The van der Waals surface area contributed by atoms with Gasteiger partial charge in [0.2, 0.25) is 0 Å². The lowest BCUT2D eigenvalue weighted by Crippen LogP contribution is -2.19. The van der Waals surface area contributed by atoms with Gasteiger partial charge in [0, 0.05) is 0 Å². The van der Waals surface area contributed by atoms with Gasteiger partial charge in [-0.3, -0.25) is 4.79 Å². The minimum Gasteiger partial charge on any atom is -0.496 e. The average molecular weight is 220 g/mol. The molecule has 0 spiro atoms. The quantitative estimate of drug-likeness (QED) is 0.833. The molecule has 1 unspecified atom stereocenters. The molecule has 1 N–H and O–H groups in total. The summed E-state index contributed by atoms with van der Waals surface area (Å²) in [6.07, 6.45) is 2.57. The molecule has 0 bridgehead atoms. The molecule has 0 amide bonds. The molecular weight excluding hydrogens is 204 g/mol. The second-order valence-electron chi connectivity index (χ2n) is 4.26. The summed E-state index contributed by atoms with van der Waals surface area (Å²) in [5, 5.41) is 9.23. The van der Waals surface area contributed by atoms with E-state index in [1.807, 2.05) is 19.1 Å². The van der Waals surface area contributed by atoms with E-state index in [1.165, 1.54) is 0 Å². The number of methoxy groups -OCH3 is 1. The fraction of sp³-hybridized carbons (Fsp3) is 0.462. The SMILES string of the molecule is COc1ccc(C)c2c1CCCC2C(=O)O. The van der Waals surface area contributed by atoms with Gasteiger partial charge < -0.3 is 9.84 Å². The van der Waals surface area contributed by atoms with Gasteiger partial charge in [-0.25, -0.2) is 0 Å². The number of benzene rings is 1. The summed E-state index contributed by atoms with van der Waals surface area (Å²) in [4.78, 5) is 11.2. The van der Waals surface area contributed by atoms with E-state index in [0.29, 0.717) is 0 Å². The third-order valence-corrected chi connectivity index (χ3v) is 3.32. The Hall–Kier alpha value is -1.51. The minimum atomic E-state index is -0.725. The van der Waals surface area contributed by atoms with Crippen molar-refractivity contribution in [2.75, 3.05) is 7.11 Å². The fourth-order valence-corrected chi connectivity index (χ4v) is 2.57. The van der Waals surface area contributed by atoms with Gasteiger partial charge in [0.25, 0.3) is 0 Å². The van der Waals surface area contributed by atoms with E-state index in [1.54, 1.807) is 7.11 Å². The third kappa shape index (κ3) is 1.66. The first kappa shape index (κ1) is 11.0. The number of carbonyl (C=O) groups is 1. The highest BCUT2D eigenvalue weighted by Gasteiger charge is 2.29. The third-order valence-electron chi connectivity index (χ3n) is 3.32. The minimum absolute atomic E-state index is 0.362. The van der Waals surface area contributed by atoms with Crippen LogP contribution in [0.4, 0.5) is 0 Å². The van der Waals surface area contributed by atoms with E-state index in [9.17, 15) is 9.90 Å². The maximum atomic E-state index is 11.2. The van der Waals surface area contributed by atoms with Gasteiger partial charge in [-0.05, 0) is 48.9 Å². The Kier molecular flexibility index (Phi) is 2.86. The molecule has 0 saturated heterocycles. The highest BCUT2D eigenvalue weighted by molar-refractivity contribution is 5.78. The number of aliphatic carboxylic acids is 1. The Morgan fingerprint density at radius 1 is 1.50 bits per heavy atom. The molecule has 3 heteroatoms. The molecule has 2 rings (SSSR count). The van der Waals surface area contributed by atoms with Crippen LogP contribution in [-0.4, -0.2) is 18.2 Å². The van der Waals surface area contributed by atoms with Crippen LogP contribution in [0.15, 0.2) is 12.1 Å². The topological polar surface area (TPSA) is 46.5 Å². The van der Waals surface area contributed by atoms with Gasteiger partial charge in [0.05, 0.1) is 13.0 Å². The normalized spacial score (nSPS) is 19.0. The molecule has 1 aromatic carbocycles.